The second kappa shape index (κ2) is 43.8. The zero-order valence-corrected chi connectivity index (χ0v) is 83.5. The van der Waals surface area contributed by atoms with Gasteiger partial charge >= 0.3 is 0 Å². The van der Waals surface area contributed by atoms with Gasteiger partial charge in [-0.15, -0.1) is 0 Å². The molecule has 8 aliphatic heterocycles. The molecule has 8 amide bonds. The number of carbonyl (C=O) groups is 8. The Morgan fingerprint density at radius 1 is 0.317 bits per heavy atom. The third kappa shape index (κ3) is 24.0. The second-order valence-electron chi connectivity index (χ2n) is 38.0. The van der Waals surface area contributed by atoms with Crippen LogP contribution in [0.1, 0.15) is 149 Å². The molecule has 0 bridgehead atoms. The Morgan fingerprint density at radius 3 is 0.782 bits per heavy atom. The first-order chi connectivity index (χ1) is 68.0. The Morgan fingerprint density at radius 2 is 0.549 bits per heavy atom. The van der Waals surface area contributed by atoms with Gasteiger partial charge in [0.25, 0.3) is 0 Å². The van der Waals surface area contributed by atoms with Crippen LogP contribution in [0.15, 0.2) is 164 Å². The van der Waals surface area contributed by atoms with E-state index in [2.05, 4.69) is 55.8 Å². The highest BCUT2D eigenvalue weighted by molar-refractivity contribution is 7.89. The highest BCUT2D eigenvalue weighted by Gasteiger charge is 2.38. The summed E-state index contributed by atoms with van der Waals surface area (Å²) in [4.78, 5) is 100. The molecule has 4 aromatic heterocycles. The Balaban J connectivity index is 0.000000130. The maximum atomic E-state index is 12.5. The van der Waals surface area contributed by atoms with Gasteiger partial charge in [0, 0.05) is 172 Å². The summed E-state index contributed by atoms with van der Waals surface area (Å²) < 4.78 is 147. The van der Waals surface area contributed by atoms with Crippen LogP contribution in [0.2, 0.25) is 0 Å². The number of nitrogens with zero attached hydrogens (tertiary/aromatic N) is 6. The number of amides is 8. The lowest BCUT2D eigenvalue weighted by Gasteiger charge is -2.35. The number of piperidine rings is 8. The van der Waals surface area contributed by atoms with Crippen molar-refractivity contribution in [2.45, 2.75) is 151 Å². The normalized spacial score (nSPS) is 20.4. The number of furan rings is 4. The molecule has 8 aliphatic rings. The molecule has 4 atom stereocenters. The number of rotatable bonds is 28. The average molecular weight is 2030 g/mol. The number of ether oxygens (including phenoxy) is 4. The van der Waals surface area contributed by atoms with E-state index in [1.165, 1.54) is 33.6 Å². The van der Waals surface area contributed by atoms with Crippen molar-refractivity contribution < 1.29 is 109 Å². The highest BCUT2D eigenvalue weighted by Crippen LogP contribution is 2.44. The molecule has 142 heavy (non-hydrogen) atoms. The second-order valence-corrected chi connectivity index (χ2v) is 45.9. The van der Waals surface area contributed by atoms with Gasteiger partial charge in [-0.2, -0.15) is 0 Å². The van der Waals surface area contributed by atoms with E-state index in [4.69, 9.17) is 36.6 Å². The molecule has 12 aromatic rings. The summed E-state index contributed by atoms with van der Waals surface area (Å²) in [5, 5.41) is 28.0. The molecule has 12 heterocycles. The Hall–Kier alpha value is -11.8. The number of hydrogen-bond donors (Lipinski definition) is 6. The molecule has 36 nitrogen and oxygen atoms in total. The molecular weight excluding hydrogens is 1910 g/mol. The van der Waals surface area contributed by atoms with Crippen molar-refractivity contribution >= 4 is 174 Å². The number of fused-ring (bicyclic) bond motifs is 12. The summed E-state index contributed by atoms with van der Waals surface area (Å²) in [6.07, 6.45) is 21.1. The van der Waals surface area contributed by atoms with Gasteiger partial charge in [-0.3, -0.25) is 69.4 Å². The van der Waals surface area contributed by atoms with Crippen LogP contribution < -0.4 is 50.8 Å². The lowest BCUT2D eigenvalue weighted by atomic mass is 9.89. The van der Waals surface area contributed by atoms with Crippen LogP contribution in [0, 0.1) is 0 Å². The molecule has 6 N–H and O–H groups in total. The van der Waals surface area contributed by atoms with E-state index in [0.29, 0.717) is 178 Å². The Labute approximate surface area is 823 Å². The molecule has 756 valence electrons. The van der Waals surface area contributed by atoms with Crippen LogP contribution in [0.25, 0.3) is 87.0 Å². The molecular formula is C102H120N12O24S4. The summed E-state index contributed by atoms with van der Waals surface area (Å²) in [5.41, 5.74) is 6.04. The lowest BCUT2D eigenvalue weighted by molar-refractivity contribution is -0.135. The highest BCUT2D eigenvalue weighted by atomic mass is 32.2. The summed E-state index contributed by atoms with van der Waals surface area (Å²) >= 11 is 0. The number of sulfonamides is 4. The summed E-state index contributed by atoms with van der Waals surface area (Å²) in [7, 11) is -8.36. The van der Waals surface area contributed by atoms with Crippen molar-refractivity contribution in [3.8, 4) is 23.0 Å². The third-order valence-electron chi connectivity index (χ3n) is 28.6. The van der Waals surface area contributed by atoms with Crippen LogP contribution in [-0.4, -0.2) is 276 Å². The molecule has 0 aliphatic carbocycles. The minimum Gasteiger partial charge on any atom is -0.492 e. The van der Waals surface area contributed by atoms with Crippen molar-refractivity contribution in [3.05, 3.63) is 169 Å². The maximum absolute atomic E-state index is 12.5. The number of nitrogens with one attached hydrogen (secondary N) is 6. The SMILES string of the molecule is CN(CCOc1ccc2c(ccc3occ([C@@H]4CCC(=O)NC4=O)c32)c1)C1CCN(S(C)(=O)=O)CC1.CN(CCOc1ccc2c(ccc3occ([C@H]4CCC(=O)NC4=O)c32)c1)C1CCN(S(C)(=O)=O)CC1.CS(=O)(=O)N1CCC(NCCOc2ccc3c(ccc4occ([C@@H]5CCC(=O)NC5=O)c43)c2)CC1.CS(=O)(=O)N1CCC(NCCOc2ccc3c(ccc4occ([C@H]5CCC(=O)NC5=O)c43)c2)CC1. The first-order valence-corrected chi connectivity index (χ1v) is 55.7. The van der Waals surface area contributed by atoms with Gasteiger partial charge < -0.3 is 47.2 Å². The average Bonchev–Trinajstić information content (AvgIpc) is 1.60. The molecule has 0 saturated carbocycles. The molecule has 0 spiro atoms. The van der Waals surface area contributed by atoms with E-state index in [1.807, 2.05) is 121 Å². The smallest absolute Gasteiger partial charge is 0.234 e. The largest absolute Gasteiger partial charge is 0.492 e. The number of hydrogen-bond acceptors (Lipinski definition) is 28. The first kappa shape index (κ1) is 102. The van der Waals surface area contributed by atoms with Gasteiger partial charge in [0.05, 0.1) is 73.7 Å². The van der Waals surface area contributed by atoms with E-state index in [1.54, 1.807) is 33.7 Å². The number of likely N-dealkylation sites (N-methyl/N-ethyl adjacent to an activating group) is 2. The van der Waals surface area contributed by atoms with E-state index in [9.17, 15) is 72.0 Å². The molecule has 8 aromatic carbocycles. The van der Waals surface area contributed by atoms with E-state index >= 15 is 0 Å². The van der Waals surface area contributed by atoms with Crippen molar-refractivity contribution in [1.29, 1.82) is 0 Å². The van der Waals surface area contributed by atoms with Gasteiger partial charge in [0.2, 0.25) is 87.4 Å². The van der Waals surface area contributed by atoms with Gasteiger partial charge in [0.15, 0.2) is 0 Å². The van der Waals surface area contributed by atoms with Crippen LogP contribution in [-0.2, 0) is 78.4 Å². The maximum Gasteiger partial charge on any atom is 0.234 e. The quantitative estimate of drug-likeness (QED) is 0.0196. The lowest BCUT2D eigenvalue weighted by Crippen LogP contribution is -2.46. The Kier molecular flexibility index (Phi) is 31.4. The van der Waals surface area contributed by atoms with Crippen molar-refractivity contribution in [2.24, 2.45) is 0 Å². The molecule has 40 heteroatoms. The van der Waals surface area contributed by atoms with Crippen molar-refractivity contribution in [2.75, 3.05) is 144 Å². The van der Waals surface area contributed by atoms with Crippen molar-refractivity contribution in [1.82, 2.24) is 58.9 Å². The number of benzene rings is 8. The van der Waals surface area contributed by atoms with Crippen LogP contribution in [0.3, 0.4) is 0 Å². The Bertz CT molecular complexity index is 6850. The molecule has 0 unspecified atom stereocenters. The summed E-state index contributed by atoms with van der Waals surface area (Å²) in [6, 6.07) is 40.2. The van der Waals surface area contributed by atoms with Crippen LogP contribution >= 0.6 is 0 Å². The number of carbonyl (C=O) groups excluding carboxylic acids is 8. The minimum absolute atomic E-state index is 0.235. The topological polar surface area (TPSA) is 454 Å². The number of imide groups is 4. The minimum atomic E-state index is -3.12. The van der Waals surface area contributed by atoms with Gasteiger partial charge in [-0.1, -0.05) is 24.3 Å². The zero-order valence-electron chi connectivity index (χ0n) is 80.2. The van der Waals surface area contributed by atoms with Gasteiger partial charge in [-0.05, 0) is 231 Å². The standard InChI is InChI=1S/2C26H31N3O6S.2C25H29N3O6S/c2*1-28(18-9-11-29(12-10-18)36(2,32)33)13-14-34-19-4-5-20-17(15-19)3-7-23-25(20)22(16-35-23)21-6-8-24(30)27-26(21)31;2*1-35(31,32)28-11-8-17(9-12-28)26-10-13-33-18-3-4-19-16(14-18)2-6-22-24(19)21(15-34-22)20-5-7-23(29)27-25(20)30/h2*3-5,7,15-16,18,21H,6,8-14H2,1-2H3,(H,27,30,31);2*2-4,6,14-15,17,20,26H,5,7-13H2,1H3,(H,27,29,30)/t2*21-;2*20-/m1010/s1. The predicted molar refractivity (Wildman–Crippen MR) is 536 cm³/mol. The van der Waals surface area contributed by atoms with Crippen LogP contribution in [0.4, 0.5) is 0 Å². The molecule has 8 saturated heterocycles. The van der Waals surface area contributed by atoms with E-state index < -0.39 is 63.8 Å². The first-order valence-electron chi connectivity index (χ1n) is 48.3. The zero-order chi connectivity index (χ0) is 100. The van der Waals surface area contributed by atoms with Gasteiger partial charge in [0.1, 0.15) is 71.8 Å². The fraction of sp³-hybridized carbons (Fsp3) is 0.451. The fourth-order valence-corrected chi connectivity index (χ4v) is 24.2. The van der Waals surface area contributed by atoms with E-state index in [0.717, 1.165) is 174 Å². The third-order valence-corrected chi connectivity index (χ3v) is 33.8. The predicted octanol–water partition coefficient (Wildman–Crippen LogP) is 10.7. The summed E-state index contributed by atoms with van der Waals surface area (Å²) in [5.74, 6) is -0.706. The molecule has 0 radical (unpaired) electrons. The molecule has 20 rings (SSSR count). The fourth-order valence-electron chi connectivity index (χ4n) is 20.7. The van der Waals surface area contributed by atoms with E-state index in [-0.39, 0.29) is 59.3 Å². The molecule has 8 fully saturated rings. The van der Waals surface area contributed by atoms with Gasteiger partial charge in [-0.25, -0.2) is 50.9 Å². The monoisotopic (exact) mass is 2020 g/mol. The van der Waals surface area contributed by atoms with Crippen LogP contribution in [0.5, 0.6) is 23.0 Å². The van der Waals surface area contributed by atoms with Crippen molar-refractivity contribution in [3.63, 3.8) is 0 Å². The summed E-state index contributed by atoms with van der Waals surface area (Å²) in [6.45, 7) is 9.26.